The number of benzene rings is 2. The maximum atomic E-state index is 12.5. The number of likely N-dealkylation sites (N-methyl/N-ethyl adjacent to an activating group) is 1. The summed E-state index contributed by atoms with van der Waals surface area (Å²) in [6.45, 7) is 9.76. The normalized spacial score (nSPS) is 15.0. The number of hydrogen-bond acceptors (Lipinski definition) is 2. The van der Waals surface area contributed by atoms with Crippen LogP contribution in [-0.4, -0.2) is 19.0 Å². The van der Waals surface area contributed by atoms with Crippen molar-refractivity contribution in [3.63, 3.8) is 0 Å². The summed E-state index contributed by atoms with van der Waals surface area (Å²) in [6, 6.07) is 9.38. The van der Waals surface area contributed by atoms with E-state index in [1.165, 1.54) is 0 Å². The van der Waals surface area contributed by atoms with E-state index in [1.54, 1.807) is 11.9 Å². The molecule has 5 heteroatoms. The molecule has 1 aliphatic rings. The molecule has 136 valence electrons. The Morgan fingerprint density at radius 1 is 1.00 bits per heavy atom. The minimum atomic E-state index is -0.601. The molecule has 2 aromatic carbocycles. The zero-order valence-corrected chi connectivity index (χ0v) is 16.2. The summed E-state index contributed by atoms with van der Waals surface area (Å²) in [7, 11) is 1.79. The van der Waals surface area contributed by atoms with Gasteiger partial charge in [0.15, 0.2) is 0 Å². The van der Waals surface area contributed by atoms with Crippen LogP contribution in [0.4, 0.5) is 21.9 Å². The third-order valence-electron chi connectivity index (χ3n) is 5.04. The van der Waals surface area contributed by atoms with Crippen LogP contribution in [0.1, 0.15) is 36.1 Å². The standard InChI is InChI=1S/C21H25N3O2/c1-12-7-8-17(13(2)9-12)23-20(26)22-15-10-14(3)18-16(11-15)21(4,5)19(25)24(18)6/h7-11H,1-6H3,(H2,22,23,26). The Balaban J connectivity index is 1.85. The van der Waals surface area contributed by atoms with E-state index in [2.05, 4.69) is 10.6 Å². The first kappa shape index (κ1) is 18.0. The lowest BCUT2D eigenvalue weighted by Crippen LogP contribution is -2.33. The SMILES string of the molecule is Cc1ccc(NC(=O)Nc2cc(C)c3c(c2)C(C)(C)C(=O)N3C)c(C)c1. The Hall–Kier alpha value is -2.82. The summed E-state index contributed by atoms with van der Waals surface area (Å²) in [5, 5.41) is 5.77. The van der Waals surface area contributed by atoms with Crippen LogP contribution in [0.25, 0.3) is 0 Å². The zero-order valence-electron chi connectivity index (χ0n) is 16.2. The number of carbonyl (C=O) groups is 2. The Morgan fingerprint density at radius 2 is 1.69 bits per heavy atom. The fourth-order valence-electron chi connectivity index (χ4n) is 3.65. The van der Waals surface area contributed by atoms with Crippen molar-refractivity contribution in [2.75, 3.05) is 22.6 Å². The van der Waals surface area contributed by atoms with Gasteiger partial charge in [-0.25, -0.2) is 4.79 Å². The summed E-state index contributed by atoms with van der Waals surface area (Å²) < 4.78 is 0. The van der Waals surface area contributed by atoms with Crippen molar-refractivity contribution < 1.29 is 9.59 Å². The first-order valence-corrected chi connectivity index (χ1v) is 8.70. The highest BCUT2D eigenvalue weighted by atomic mass is 16.2. The molecule has 2 aromatic rings. The lowest BCUT2D eigenvalue weighted by molar-refractivity contribution is -0.121. The smallest absolute Gasteiger partial charge is 0.314 e. The van der Waals surface area contributed by atoms with Crippen molar-refractivity contribution in [1.82, 2.24) is 0 Å². The van der Waals surface area contributed by atoms with Gasteiger partial charge in [0.1, 0.15) is 0 Å². The van der Waals surface area contributed by atoms with E-state index in [0.29, 0.717) is 5.69 Å². The highest BCUT2D eigenvalue weighted by Crippen LogP contribution is 2.44. The van der Waals surface area contributed by atoms with Gasteiger partial charge in [-0.1, -0.05) is 17.7 Å². The number of hydrogen-bond donors (Lipinski definition) is 2. The Kier molecular flexibility index (Phi) is 4.26. The number of nitrogens with zero attached hydrogens (tertiary/aromatic N) is 1. The van der Waals surface area contributed by atoms with Crippen LogP contribution in [0.15, 0.2) is 30.3 Å². The van der Waals surface area contributed by atoms with Crippen LogP contribution in [0.3, 0.4) is 0 Å². The zero-order chi connectivity index (χ0) is 19.2. The molecular weight excluding hydrogens is 326 g/mol. The van der Waals surface area contributed by atoms with E-state index >= 15 is 0 Å². The third kappa shape index (κ3) is 2.94. The van der Waals surface area contributed by atoms with Crippen molar-refractivity contribution in [3.8, 4) is 0 Å². The van der Waals surface area contributed by atoms with Gasteiger partial charge < -0.3 is 15.5 Å². The number of nitrogens with one attached hydrogen (secondary N) is 2. The van der Waals surface area contributed by atoms with Gasteiger partial charge in [-0.2, -0.15) is 0 Å². The van der Waals surface area contributed by atoms with Gasteiger partial charge in [0, 0.05) is 18.4 Å². The van der Waals surface area contributed by atoms with Crippen LogP contribution < -0.4 is 15.5 Å². The Morgan fingerprint density at radius 3 is 2.35 bits per heavy atom. The van der Waals surface area contributed by atoms with Crippen LogP contribution >= 0.6 is 0 Å². The Bertz CT molecular complexity index is 916. The molecule has 0 bridgehead atoms. The molecule has 5 nitrogen and oxygen atoms in total. The molecule has 26 heavy (non-hydrogen) atoms. The minimum absolute atomic E-state index is 0.0625. The van der Waals surface area contributed by atoms with Crippen LogP contribution in [0, 0.1) is 20.8 Å². The number of carbonyl (C=O) groups excluding carboxylic acids is 2. The van der Waals surface area contributed by atoms with E-state index in [-0.39, 0.29) is 11.9 Å². The number of urea groups is 1. The largest absolute Gasteiger partial charge is 0.323 e. The predicted molar refractivity (Wildman–Crippen MR) is 106 cm³/mol. The predicted octanol–water partition coefficient (Wildman–Crippen LogP) is 4.51. The van der Waals surface area contributed by atoms with Crippen LogP contribution in [-0.2, 0) is 10.2 Å². The number of anilines is 3. The number of amides is 3. The van der Waals surface area contributed by atoms with Crippen LogP contribution in [0.5, 0.6) is 0 Å². The molecular formula is C21H25N3O2. The molecule has 0 spiro atoms. The number of fused-ring (bicyclic) bond motifs is 1. The fraction of sp³-hybridized carbons (Fsp3) is 0.333. The van der Waals surface area contributed by atoms with Crippen molar-refractivity contribution in [1.29, 1.82) is 0 Å². The summed E-state index contributed by atoms with van der Waals surface area (Å²) in [5.74, 6) is 0.0625. The van der Waals surface area contributed by atoms with Gasteiger partial charge in [0.05, 0.1) is 11.1 Å². The molecule has 0 fully saturated rings. The second-order valence-corrected chi connectivity index (χ2v) is 7.58. The van der Waals surface area contributed by atoms with Crippen molar-refractivity contribution in [2.24, 2.45) is 0 Å². The molecule has 0 atom stereocenters. The first-order chi connectivity index (χ1) is 12.1. The lowest BCUT2D eigenvalue weighted by Gasteiger charge is -2.17. The summed E-state index contributed by atoms with van der Waals surface area (Å²) in [5.41, 5.74) is 5.85. The Labute approximate surface area is 154 Å². The number of rotatable bonds is 2. The molecule has 3 amide bonds. The van der Waals surface area contributed by atoms with E-state index in [1.807, 2.05) is 65.0 Å². The molecule has 0 radical (unpaired) electrons. The van der Waals surface area contributed by atoms with Gasteiger partial charge in [0.25, 0.3) is 0 Å². The van der Waals surface area contributed by atoms with Gasteiger partial charge in [-0.15, -0.1) is 0 Å². The molecule has 1 heterocycles. The molecule has 0 saturated heterocycles. The molecule has 0 unspecified atom stereocenters. The summed E-state index contributed by atoms with van der Waals surface area (Å²) in [4.78, 5) is 26.6. The second kappa shape index (κ2) is 6.16. The quantitative estimate of drug-likeness (QED) is 0.836. The van der Waals surface area contributed by atoms with E-state index < -0.39 is 5.41 Å². The summed E-state index contributed by atoms with van der Waals surface area (Å²) in [6.07, 6.45) is 0. The summed E-state index contributed by atoms with van der Waals surface area (Å²) >= 11 is 0. The van der Waals surface area contributed by atoms with Crippen molar-refractivity contribution in [2.45, 2.75) is 40.0 Å². The molecule has 2 N–H and O–H groups in total. The molecule has 1 aliphatic heterocycles. The second-order valence-electron chi connectivity index (χ2n) is 7.58. The third-order valence-corrected chi connectivity index (χ3v) is 5.04. The minimum Gasteiger partial charge on any atom is -0.314 e. The average molecular weight is 351 g/mol. The van der Waals surface area contributed by atoms with Crippen molar-refractivity contribution in [3.05, 3.63) is 52.6 Å². The number of aryl methyl sites for hydroxylation is 3. The maximum Gasteiger partial charge on any atom is 0.323 e. The lowest BCUT2D eigenvalue weighted by atomic mass is 9.85. The molecule has 0 saturated carbocycles. The van der Waals surface area contributed by atoms with Crippen molar-refractivity contribution >= 4 is 29.0 Å². The molecule has 0 aliphatic carbocycles. The highest BCUT2D eigenvalue weighted by Gasteiger charge is 2.43. The van der Waals surface area contributed by atoms with E-state index in [0.717, 1.165) is 33.6 Å². The fourth-order valence-corrected chi connectivity index (χ4v) is 3.65. The monoisotopic (exact) mass is 351 g/mol. The van der Waals surface area contributed by atoms with Crippen LogP contribution in [0.2, 0.25) is 0 Å². The van der Waals surface area contributed by atoms with Gasteiger partial charge in [-0.05, 0) is 69.5 Å². The molecule has 0 aromatic heterocycles. The average Bonchev–Trinajstić information content (AvgIpc) is 2.71. The van der Waals surface area contributed by atoms with Gasteiger partial charge in [0.2, 0.25) is 5.91 Å². The van der Waals surface area contributed by atoms with Gasteiger partial charge in [-0.3, -0.25) is 4.79 Å². The highest BCUT2D eigenvalue weighted by molar-refractivity contribution is 6.09. The van der Waals surface area contributed by atoms with E-state index in [4.69, 9.17) is 0 Å². The molecule has 3 rings (SSSR count). The van der Waals surface area contributed by atoms with E-state index in [9.17, 15) is 9.59 Å². The first-order valence-electron chi connectivity index (χ1n) is 8.70. The topological polar surface area (TPSA) is 61.4 Å². The maximum absolute atomic E-state index is 12.5. The van der Waals surface area contributed by atoms with Gasteiger partial charge >= 0.3 is 6.03 Å².